The van der Waals surface area contributed by atoms with Gasteiger partial charge in [-0.15, -0.1) is 0 Å². The van der Waals surface area contributed by atoms with Gasteiger partial charge in [-0.1, -0.05) is 27.5 Å². The maximum absolute atomic E-state index is 13.2. The average Bonchev–Trinajstić information content (AvgIpc) is 2.06. The first-order valence-electron chi connectivity index (χ1n) is 3.13. The van der Waals surface area contributed by atoms with Crippen LogP contribution in [0.2, 0.25) is 5.02 Å². The summed E-state index contributed by atoms with van der Waals surface area (Å²) in [6, 6.07) is 4.62. The van der Waals surface area contributed by atoms with Crippen molar-refractivity contribution in [3.63, 3.8) is 0 Å². The lowest BCUT2D eigenvalue weighted by Gasteiger charge is -2.02. The van der Waals surface area contributed by atoms with E-state index in [0.29, 0.717) is 15.9 Å². The predicted octanol–water partition coefficient (Wildman–Crippen LogP) is 3.25. The summed E-state index contributed by atoms with van der Waals surface area (Å²) in [7, 11) is 0. The predicted molar refractivity (Wildman–Crippen MR) is 48.8 cm³/mol. The molecular weight excluding hydrogens is 244 g/mol. The molecule has 0 fully saturated rings. The molecule has 1 nitrogen and oxygen atoms in total. The van der Waals surface area contributed by atoms with Crippen LogP contribution in [0.15, 0.2) is 12.1 Å². The van der Waals surface area contributed by atoms with Gasteiger partial charge in [-0.25, -0.2) is 4.39 Å². The molecule has 0 N–H and O–H groups in total. The fraction of sp³-hybridized carbons (Fsp3) is 0.125. The van der Waals surface area contributed by atoms with Crippen LogP contribution in [0.25, 0.3) is 0 Å². The molecule has 4 heteroatoms. The van der Waals surface area contributed by atoms with Gasteiger partial charge in [-0.05, 0) is 12.1 Å². The van der Waals surface area contributed by atoms with Gasteiger partial charge in [-0.3, -0.25) is 0 Å². The third kappa shape index (κ3) is 1.60. The van der Waals surface area contributed by atoms with Gasteiger partial charge in [0.25, 0.3) is 0 Å². The number of halogens is 3. The molecule has 0 amide bonds. The van der Waals surface area contributed by atoms with Crippen LogP contribution in [-0.2, 0) is 5.33 Å². The van der Waals surface area contributed by atoms with Gasteiger partial charge in [0.1, 0.15) is 11.9 Å². The molecule has 0 spiro atoms. The molecule has 0 unspecified atom stereocenters. The van der Waals surface area contributed by atoms with Crippen LogP contribution in [0.1, 0.15) is 11.1 Å². The van der Waals surface area contributed by atoms with Crippen molar-refractivity contribution in [1.82, 2.24) is 0 Å². The highest BCUT2D eigenvalue weighted by molar-refractivity contribution is 9.08. The van der Waals surface area contributed by atoms with Crippen molar-refractivity contribution < 1.29 is 4.39 Å². The third-order valence-electron chi connectivity index (χ3n) is 1.44. The van der Waals surface area contributed by atoms with Gasteiger partial charge in [-0.2, -0.15) is 5.26 Å². The van der Waals surface area contributed by atoms with Crippen molar-refractivity contribution >= 4 is 27.5 Å². The summed E-state index contributed by atoms with van der Waals surface area (Å²) in [5, 5.41) is 9.13. The van der Waals surface area contributed by atoms with E-state index in [1.165, 1.54) is 12.1 Å². The van der Waals surface area contributed by atoms with E-state index in [1.54, 1.807) is 6.07 Å². The second kappa shape index (κ2) is 3.88. The molecule has 62 valence electrons. The highest BCUT2D eigenvalue weighted by Gasteiger charge is 2.10. The Labute approximate surface area is 82.9 Å². The van der Waals surface area contributed by atoms with E-state index >= 15 is 0 Å². The summed E-state index contributed by atoms with van der Waals surface area (Å²) in [5.41, 5.74) is 0.351. The Morgan fingerprint density at radius 3 is 2.75 bits per heavy atom. The lowest BCUT2D eigenvalue weighted by molar-refractivity contribution is 0.614. The second-order valence-corrected chi connectivity index (χ2v) is 3.10. The number of benzene rings is 1. The quantitative estimate of drug-likeness (QED) is 0.700. The van der Waals surface area contributed by atoms with Crippen LogP contribution >= 0.6 is 27.5 Å². The van der Waals surface area contributed by atoms with E-state index in [-0.39, 0.29) is 5.56 Å². The minimum absolute atomic E-state index is 0.0221. The molecule has 12 heavy (non-hydrogen) atoms. The van der Waals surface area contributed by atoms with Gasteiger partial charge in [0.2, 0.25) is 0 Å². The molecule has 0 radical (unpaired) electrons. The molecule has 0 aliphatic rings. The summed E-state index contributed by atoms with van der Waals surface area (Å²) in [5.74, 6) is -0.540. The van der Waals surface area contributed by atoms with Crippen LogP contribution in [0, 0.1) is 17.1 Å². The summed E-state index contributed by atoms with van der Waals surface area (Å²) in [6.45, 7) is 0. The topological polar surface area (TPSA) is 23.8 Å². The molecule has 0 aliphatic heterocycles. The molecule has 1 aromatic rings. The standard InChI is InChI=1S/C8H4BrClFN/c9-3-6-7(10)2-1-5(4-12)8(6)11/h1-2H,3H2. The molecule has 0 aromatic heterocycles. The Kier molecular flexibility index (Phi) is 3.07. The molecule has 1 rings (SSSR count). The van der Waals surface area contributed by atoms with Gasteiger partial charge >= 0.3 is 0 Å². The second-order valence-electron chi connectivity index (χ2n) is 2.13. The van der Waals surface area contributed by atoms with Gasteiger partial charge in [0, 0.05) is 15.9 Å². The molecular formula is C8H4BrClFN. The Morgan fingerprint density at radius 2 is 2.25 bits per heavy atom. The minimum atomic E-state index is -0.540. The monoisotopic (exact) mass is 247 g/mol. The summed E-state index contributed by atoms with van der Waals surface area (Å²) >= 11 is 8.77. The van der Waals surface area contributed by atoms with Crippen molar-refractivity contribution in [2.75, 3.05) is 0 Å². The third-order valence-corrected chi connectivity index (χ3v) is 2.35. The van der Waals surface area contributed by atoms with E-state index < -0.39 is 5.82 Å². The molecule has 0 saturated heterocycles. The number of hydrogen-bond acceptors (Lipinski definition) is 1. The van der Waals surface area contributed by atoms with E-state index in [2.05, 4.69) is 15.9 Å². The SMILES string of the molecule is N#Cc1ccc(Cl)c(CBr)c1F. The van der Waals surface area contributed by atoms with E-state index in [9.17, 15) is 4.39 Å². The van der Waals surface area contributed by atoms with E-state index in [1.807, 2.05) is 0 Å². The van der Waals surface area contributed by atoms with Crippen LogP contribution in [0.3, 0.4) is 0 Å². The van der Waals surface area contributed by atoms with Gasteiger partial charge < -0.3 is 0 Å². The zero-order valence-corrected chi connectivity index (χ0v) is 8.28. The van der Waals surface area contributed by atoms with Crippen molar-refractivity contribution in [3.8, 4) is 6.07 Å². The fourth-order valence-electron chi connectivity index (χ4n) is 0.806. The van der Waals surface area contributed by atoms with E-state index in [4.69, 9.17) is 16.9 Å². The molecule has 0 heterocycles. The summed E-state index contributed by atoms with van der Waals surface area (Å²) in [6.07, 6.45) is 0. The maximum atomic E-state index is 13.2. The molecule has 0 aliphatic carbocycles. The molecule has 1 aromatic carbocycles. The maximum Gasteiger partial charge on any atom is 0.146 e. The lowest BCUT2D eigenvalue weighted by Crippen LogP contribution is -1.91. The van der Waals surface area contributed by atoms with Crippen LogP contribution in [-0.4, -0.2) is 0 Å². The fourth-order valence-corrected chi connectivity index (χ4v) is 1.73. The number of hydrogen-bond donors (Lipinski definition) is 0. The normalized spacial score (nSPS) is 9.50. The number of alkyl halides is 1. The van der Waals surface area contributed by atoms with E-state index in [0.717, 1.165) is 0 Å². The minimum Gasteiger partial charge on any atom is -0.205 e. The Balaban J connectivity index is 3.36. The van der Waals surface area contributed by atoms with Gasteiger partial charge in [0.15, 0.2) is 0 Å². The van der Waals surface area contributed by atoms with Crippen LogP contribution in [0.5, 0.6) is 0 Å². The average molecular weight is 248 g/mol. The summed E-state index contributed by atoms with van der Waals surface area (Å²) < 4.78 is 13.2. The first kappa shape index (κ1) is 9.50. The van der Waals surface area contributed by atoms with Crippen molar-refractivity contribution in [3.05, 3.63) is 34.1 Å². The molecule has 0 saturated carbocycles. The van der Waals surface area contributed by atoms with Crippen molar-refractivity contribution in [2.45, 2.75) is 5.33 Å². The molecule has 0 atom stereocenters. The number of nitriles is 1. The smallest absolute Gasteiger partial charge is 0.146 e. The Morgan fingerprint density at radius 1 is 1.58 bits per heavy atom. The van der Waals surface area contributed by atoms with Crippen molar-refractivity contribution in [2.24, 2.45) is 0 Å². The number of nitrogens with zero attached hydrogens (tertiary/aromatic N) is 1. The summed E-state index contributed by atoms with van der Waals surface area (Å²) in [4.78, 5) is 0. The van der Waals surface area contributed by atoms with Gasteiger partial charge in [0.05, 0.1) is 5.56 Å². The number of rotatable bonds is 1. The first-order chi connectivity index (χ1) is 5.70. The first-order valence-corrected chi connectivity index (χ1v) is 4.63. The van der Waals surface area contributed by atoms with Crippen LogP contribution in [0.4, 0.5) is 4.39 Å². The zero-order valence-electron chi connectivity index (χ0n) is 5.94. The lowest BCUT2D eigenvalue weighted by atomic mass is 10.1. The Bertz CT molecular complexity index is 346. The van der Waals surface area contributed by atoms with Crippen LogP contribution < -0.4 is 0 Å². The largest absolute Gasteiger partial charge is 0.205 e. The Hall–Kier alpha value is -0.590. The van der Waals surface area contributed by atoms with Crippen molar-refractivity contribution in [1.29, 1.82) is 5.26 Å². The highest BCUT2D eigenvalue weighted by atomic mass is 79.9. The zero-order chi connectivity index (χ0) is 9.14. The molecule has 0 bridgehead atoms. The highest BCUT2D eigenvalue weighted by Crippen LogP contribution is 2.23.